The van der Waals surface area contributed by atoms with Gasteiger partial charge in [0.25, 0.3) is 0 Å². The summed E-state index contributed by atoms with van der Waals surface area (Å²) in [5.74, 6) is 1.64. The van der Waals surface area contributed by atoms with Crippen LogP contribution < -0.4 is 10.5 Å². The summed E-state index contributed by atoms with van der Waals surface area (Å²) in [6.07, 6.45) is 5.94. The number of nitrogens with two attached hydrogens (primary N) is 1. The molecule has 2 heterocycles. The molecule has 0 fully saturated rings. The van der Waals surface area contributed by atoms with Crippen LogP contribution in [-0.4, -0.2) is 16.0 Å². The van der Waals surface area contributed by atoms with Gasteiger partial charge in [0.1, 0.15) is 52.9 Å². The zero-order valence-corrected chi connectivity index (χ0v) is 14.7. The fraction of sp³-hybridized carbons (Fsp3) is 0. The van der Waals surface area contributed by atoms with E-state index >= 15 is 0 Å². The molecule has 0 atom stereocenters. The SMILES string of the molecule is N#Cc1c(-c2ccc(Oc3ccccc3)cc2)nn(C2=COC=CN=C2)c1N. The highest BCUT2D eigenvalue weighted by Gasteiger charge is 2.19. The van der Waals surface area contributed by atoms with Gasteiger partial charge in [0.05, 0.1) is 12.4 Å². The Morgan fingerprint density at radius 2 is 1.79 bits per heavy atom. The molecule has 0 spiro atoms. The third-order valence-electron chi connectivity index (χ3n) is 4.01. The van der Waals surface area contributed by atoms with Gasteiger partial charge in [-0.1, -0.05) is 18.2 Å². The number of hydrogen-bond donors (Lipinski definition) is 1. The molecule has 3 aromatic rings. The summed E-state index contributed by atoms with van der Waals surface area (Å²) in [4.78, 5) is 4.04. The number of para-hydroxylation sites is 1. The molecule has 7 heteroatoms. The van der Waals surface area contributed by atoms with Gasteiger partial charge in [-0.25, -0.2) is 4.68 Å². The average molecular weight is 369 g/mol. The van der Waals surface area contributed by atoms with Gasteiger partial charge in [0.2, 0.25) is 0 Å². The summed E-state index contributed by atoms with van der Waals surface area (Å²) in [6, 6.07) is 18.9. The molecule has 0 saturated heterocycles. The first kappa shape index (κ1) is 17.1. The van der Waals surface area contributed by atoms with Crippen molar-refractivity contribution in [3.8, 4) is 28.8 Å². The molecule has 0 radical (unpaired) electrons. The third-order valence-corrected chi connectivity index (χ3v) is 4.01. The van der Waals surface area contributed by atoms with Gasteiger partial charge >= 0.3 is 0 Å². The van der Waals surface area contributed by atoms with Crippen molar-refractivity contribution in [2.24, 2.45) is 4.99 Å². The predicted molar refractivity (Wildman–Crippen MR) is 106 cm³/mol. The average Bonchev–Trinajstić information content (AvgIpc) is 2.89. The highest BCUT2D eigenvalue weighted by molar-refractivity contribution is 6.03. The van der Waals surface area contributed by atoms with Gasteiger partial charge in [-0.15, -0.1) is 0 Å². The molecule has 0 aliphatic carbocycles. The normalized spacial score (nSPS) is 12.6. The second-order valence-electron chi connectivity index (χ2n) is 5.81. The van der Waals surface area contributed by atoms with Crippen LogP contribution in [0.15, 0.2) is 78.3 Å². The van der Waals surface area contributed by atoms with Crippen molar-refractivity contribution in [2.45, 2.75) is 0 Å². The molecule has 1 aliphatic heterocycles. The largest absolute Gasteiger partial charge is 0.469 e. The minimum Gasteiger partial charge on any atom is -0.469 e. The molecule has 2 aromatic carbocycles. The number of benzene rings is 2. The predicted octanol–water partition coefficient (Wildman–Crippen LogP) is 4.17. The van der Waals surface area contributed by atoms with E-state index in [-0.39, 0.29) is 11.4 Å². The van der Waals surface area contributed by atoms with Crippen molar-refractivity contribution in [1.29, 1.82) is 5.26 Å². The molecular weight excluding hydrogens is 354 g/mol. The molecule has 1 aliphatic rings. The Morgan fingerprint density at radius 3 is 2.54 bits per heavy atom. The van der Waals surface area contributed by atoms with Crippen LogP contribution in [0, 0.1) is 11.3 Å². The molecule has 0 saturated carbocycles. The van der Waals surface area contributed by atoms with E-state index < -0.39 is 0 Å². The molecule has 1 aromatic heterocycles. The Bertz CT molecular complexity index is 1120. The number of rotatable bonds is 4. The molecule has 0 bridgehead atoms. The maximum Gasteiger partial charge on any atom is 0.146 e. The van der Waals surface area contributed by atoms with Gasteiger partial charge in [0, 0.05) is 5.56 Å². The van der Waals surface area contributed by atoms with Crippen LogP contribution in [0.25, 0.3) is 17.0 Å². The third kappa shape index (κ3) is 3.34. The van der Waals surface area contributed by atoms with Crippen molar-refractivity contribution in [1.82, 2.24) is 9.78 Å². The number of ether oxygens (including phenoxy) is 2. The van der Waals surface area contributed by atoms with Crippen LogP contribution in [0.2, 0.25) is 0 Å². The van der Waals surface area contributed by atoms with Crippen molar-refractivity contribution in [2.75, 3.05) is 5.73 Å². The quantitative estimate of drug-likeness (QED) is 0.744. The summed E-state index contributed by atoms with van der Waals surface area (Å²) in [5, 5.41) is 14.1. The summed E-state index contributed by atoms with van der Waals surface area (Å²) < 4.78 is 12.4. The summed E-state index contributed by atoms with van der Waals surface area (Å²) >= 11 is 0. The van der Waals surface area contributed by atoms with Crippen LogP contribution in [-0.2, 0) is 4.74 Å². The van der Waals surface area contributed by atoms with E-state index in [0.29, 0.717) is 17.1 Å². The highest BCUT2D eigenvalue weighted by Crippen LogP contribution is 2.30. The van der Waals surface area contributed by atoms with Crippen LogP contribution >= 0.6 is 0 Å². The first-order valence-electron chi connectivity index (χ1n) is 8.42. The number of nitrogen functional groups attached to an aromatic ring is 1. The van der Waals surface area contributed by atoms with Gasteiger partial charge in [-0.2, -0.15) is 10.4 Å². The minimum atomic E-state index is 0.213. The number of anilines is 1. The van der Waals surface area contributed by atoms with Crippen LogP contribution in [0.4, 0.5) is 5.82 Å². The Hall–Kier alpha value is -4.31. The first-order chi connectivity index (χ1) is 13.8. The lowest BCUT2D eigenvalue weighted by Gasteiger charge is -2.06. The molecule has 28 heavy (non-hydrogen) atoms. The Labute approximate surface area is 161 Å². The number of aromatic nitrogens is 2. The zero-order valence-electron chi connectivity index (χ0n) is 14.7. The van der Waals surface area contributed by atoms with E-state index in [2.05, 4.69) is 16.2 Å². The van der Waals surface area contributed by atoms with Crippen LogP contribution in [0.5, 0.6) is 11.5 Å². The molecule has 0 unspecified atom stereocenters. The van der Waals surface area contributed by atoms with Crippen molar-refractivity contribution >= 4 is 17.7 Å². The van der Waals surface area contributed by atoms with Crippen molar-refractivity contribution in [3.63, 3.8) is 0 Å². The molecule has 2 N–H and O–H groups in total. The van der Waals surface area contributed by atoms with E-state index in [0.717, 1.165) is 11.3 Å². The number of nitriles is 1. The lowest BCUT2D eigenvalue weighted by atomic mass is 10.1. The van der Waals surface area contributed by atoms with Gasteiger partial charge in [-0.3, -0.25) is 4.99 Å². The molecule has 4 rings (SSSR count). The number of aliphatic imine (C=N–C) groups is 1. The van der Waals surface area contributed by atoms with Crippen molar-refractivity contribution < 1.29 is 9.47 Å². The van der Waals surface area contributed by atoms with Gasteiger partial charge in [-0.05, 0) is 36.4 Å². The second-order valence-corrected chi connectivity index (χ2v) is 5.81. The lowest BCUT2D eigenvalue weighted by Crippen LogP contribution is -2.05. The summed E-state index contributed by atoms with van der Waals surface area (Å²) in [6.45, 7) is 0. The van der Waals surface area contributed by atoms with E-state index in [1.54, 1.807) is 6.21 Å². The number of hydrogen-bond acceptors (Lipinski definition) is 6. The number of nitrogens with zero attached hydrogens (tertiary/aromatic N) is 4. The van der Waals surface area contributed by atoms with Crippen molar-refractivity contribution in [3.05, 3.63) is 78.9 Å². The molecule has 0 amide bonds. The van der Waals surface area contributed by atoms with E-state index in [4.69, 9.17) is 15.2 Å². The van der Waals surface area contributed by atoms with E-state index in [1.807, 2.05) is 54.6 Å². The van der Waals surface area contributed by atoms with Gasteiger partial charge in [0.15, 0.2) is 0 Å². The highest BCUT2D eigenvalue weighted by atomic mass is 16.5. The lowest BCUT2D eigenvalue weighted by molar-refractivity contribution is 0.403. The summed E-state index contributed by atoms with van der Waals surface area (Å²) in [5.41, 5.74) is 8.14. The fourth-order valence-electron chi connectivity index (χ4n) is 2.68. The monoisotopic (exact) mass is 369 g/mol. The minimum absolute atomic E-state index is 0.213. The Kier molecular flexibility index (Phi) is 4.59. The standard InChI is InChI=1S/C21H15N5O2/c22-12-19-20(25-26(21(19)23)16-13-24-10-11-27-14-16)15-6-8-18(9-7-15)28-17-4-2-1-3-5-17/h1-11,13-14H,23H2. The molecule has 136 valence electrons. The smallest absolute Gasteiger partial charge is 0.146 e. The fourth-order valence-corrected chi connectivity index (χ4v) is 2.68. The maximum absolute atomic E-state index is 9.57. The van der Waals surface area contributed by atoms with Crippen LogP contribution in [0.1, 0.15) is 5.56 Å². The first-order valence-corrected chi connectivity index (χ1v) is 8.42. The Morgan fingerprint density at radius 1 is 1.04 bits per heavy atom. The topological polar surface area (TPSA) is 98.4 Å². The second kappa shape index (κ2) is 7.51. The number of allylic oxidation sites excluding steroid dienone is 1. The van der Waals surface area contributed by atoms with Gasteiger partial charge < -0.3 is 15.2 Å². The molecular formula is C21H15N5O2. The maximum atomic E-state index is 9.57. The van der Waals surface area contributed by atoms with E-state index in [1.165, 1.54) is 23.4 Å². The molecule has 7 nitrogen and oxygen atoms in total. The van der Waals surface area contributed by atoms with E-state index in [9.17, 15) is 5.26 Å². The zero-order chi connectivity index (χ0) is 19.3. The Balaban J connectivity index is 1.66. The van der Waals surface area contributed by atoms with Crippen LogP contribution in [0.3, 0.4) is 0 Å². The summed E-state index contributed by atoms with van der Waals surface area (Å²) in [7, 11) is 0.